The average molecular weight is 276 g/mol. The van der Waals surface area contributed by atoms with E-state index in [1.165, 1.54) is 5.56 Å². The maximum atomic E-state index is 6.14. The zero-order valence-electron chi connectivity index (χ0n) is 11.2. The second-order valence-corrected chi connectivity index (χ2v) is 4.88. The predicted octanol–water partition coefficient (Wildman–Crippen LogP) is 4.20. The summed E-state index contributed by atoms with van der Waals surface area (Å²) in [7, 11) is 1.68. The van der Waals surface area contributed by atoms with E-state index >= 15 is 0 Å². The Bertz CT molecular complexity index is 542. The van der Waals surface area contributed by atoms with Crippen LogP contribution >= 0.6 is 11.6 Å². The molecule has 100 valence electrons. The lowest BCUT2D eigenvalue weighted by Gasteiger charge is -2.15. The van der Waals surface area contributed by atoms with Gasteiger partial charge in [0.2, 0.25) is 0 Å². The van der Waals surface area contributed by atoms with Crippen molar-refractivity contribution in [3.05, 3.63) is 64.7 Å². The topological polar surface area (TPSA) is 21.3 Å². The molecule has 3 heteroatoms. The molecule has 0 heterocycles. The molecule has 19 heavy (non-hydrogen) atoms. The number of rotatable bonds is 5. The van der Waals surface area contributed by atoms with Gasteiger partial charge in [-0.05, 0) is 36.2 Å². The fraction of sp³-hybridized carbons (Fsp3) is 0.250. The van der Waals surface area contributed by atoms with Crippen molar-refractivity contribution in [2.45, 2.75) is 19.5 Å². The quantitative estimate of drug-likeness (QED) is 0.883. The summed E-state index contributed by atoms with van der Waals surface area (Å²) in [5.74, 6) is 0.879. The largest absolute Gasteiger partial charge is 0.497 e. The van der Waals surface area contributed by atoms with E-state index in [2.05, 4.69) is 18.3 Å². The number of ether oxygens (including phenoxy) is 1. The van der Waals surface area contributed by atoms with Crippen molar-refractivity contribution in [2.24, 2.45) is 0 Å². The van der Waals surface area contributed by atoms with Crippen LogP contribution in [0.3, 0.4) is 0 Å². The van der Waals surface area contributed by atoms with Gasteiger partial charge in [0.1, 0.15) is 5.75 Å². The van der Waals surface area contributed by atoms with Crippen molar-refractivity contribution in [2.75, 3.05) is 7.11 Å². The standard InChI is InChI=1S/C16H18ClNO/c1-12(13-7-5-8-15(10-13)19-2)18-11-14-6-3-4-9-16(14)17/h3-10,12,18H,11H2,1-2H3/t12-/m0/s1. The lowest BCUT2D eigenvalue weighted by Crippen LogP contribution is -2.18. The van der Waals surface area contributed by atoms with Crippen molar-refractivity contribution in [1.29, 1.82) is 0 Å². The minimum absolute atomic E-state index is 0.242. The Labute approximate surface area is 119 Å². The van der Waals surface area contributed by atoms with Gasteiger partial charge in [-0.1, -0.05) is 41.9 Å². The van der Waals surface area contributed by atoms with Gasteiger partial charge in [-0.3, -0.25) is 0 Å². The molecule has 0 amide bonds. The van der Waals surface area contributed by atoms with Crippen LogP contribution in [-0.4, -0.2) is 7.11 Å². The lowest BCUT2D eigenvalue weighted by molar-refractivity contribution is 0.413. The van der Waals surface area contributed by atoms with E-state index in [1.807, 2.05) is 42.5 Å². The smallest absolute Gasteiger partial charge is 0.119 e. The first-order chi connectivity index (χ1) is 9.20. The molecule has 2 rings (SSSR count). The summed E-state index contributed by atoms with van der Waals surface area (Å²) in [6, 6.07) is 16.2. The van der Waals surface area contributed by atoms with Gasteiger partial charge in [0.25, 0.3) is 0 Å². The monoisotopic (exact) mass is 275 g/mol. The maximum absolute atomic E-state index is 6.14. The molecule has 0 unspecified atom stereocenters. The second-order valence-electron chi connectivity index (χ2n) is 4.47. The average Bonchev–Trinajstić information content (AvgIpc) is 2.46. The van der Waals surface area contributed by atoms with Gasteiger partial charge < -0.3 is 10.1 Å². The van der Waals surface area contributed by atoms with Crippen molar-refractivity contribution in [3.8, 4) is 5.75 Å². The molecule has 0 saturated heterocycles. The highest BCUT2D eigenvalue weighted by Gasteiger charge is 2.07. The SMILES string of the molecule is COc1cccc([C@H](C)NCc2ccccc2Cl)c1. The molecule has 0 aliphatic rings. The first-order valence-electron chi connectivity index (χ1n) is 6.31. The second kappa shape index (κ2) is 6.60. The summed E-state index contributed by atoms with van der Waals surface area (Å²) in [6.07, 6.45) is 0. The van der Waals surface area contributed by atoms with Gasteiger partial charge in [0.15, 0.2) is 0 Å². The van der Waals surface area contributed by atoms with Gasteiger partial charge in [0, 0.05) is 17.6 Å². The summed E-state index contributed by atoms with van der Waals surface area (Å²) in [6.45, 7) is 2.88. The van der Waals surface area contributed by atoms with Crippen LogP contribution in [0.1, 0.15) is 24.1 Å². The Morgan fingerprint density at radius 3 is 2.68 bits per heavy atom. The van der Waals surface area contributed by atoms with Crippen molar-refractivity contribution < 1.29 is 4.74 Å². The van der Waals surface area contributed by atoms with Crippen molar-refractivity contribution >= 4 is 11.6 Å². The van der Waals surface area contributed by atoms with Crippen LogP contribution in [0.5, 0.6) is 5.75 Å². The minimum Gasteiger partial charge on any atom is -0.497 e. The number of nitrogens with one attached hydrogen (secondary N) is 1. The third-order valence-electron chi connectivity index (χ3n) is 3.15. The van der Waals surface area contributed by atoms with Crippen molar-refractivity contribution in [1.82, 2.24) is 5.32 Å². The van der Waals surface area contributed by atoms with Crippen LogP contribution in [0.4, 0.5) is 0 Å². The van der Waals surface area contributed by atoms with Crippen LogP contribution in [0.15, 0.2) is 48.5 Å². The summed E-state index contributed by atoms with van der Waals surface area (Å²) < 4.78 is 5.24. The molecule has 0 spiro atoms. The lowest BCUT2D eigenvalue weighted by atomic mass is 10.1. The molecule has 0 aliphatic carbocycles. The van der Waals surface area contributed by atoms with Gasteiger partial charge >= 0.3 is 0 Å². The fourth-order valence-electron chi connectivity index (χ4n) is 1.93. The van der Waals surface area contributed by atoms with Gasteiger partial charge in [-0.25, -0.2) is 0 Å². The number of halogens is 1. The van der Waals surface area contributed by atoms with Crippen LogP contribution in [0.25, 0.3) is 0 Å². The van der Waals surface area contributed by atoms with E-state index in [9.17, 15) is 0 Å². The summed E-state index contributed by atoms with van der Waals surface area (Å²) in [5.41, 5.74) is 2.31. The molecule has 2 aromatic carbocycles. The summed E-state index contributed by atoms with van der Waals surface area (Å²) in [5, 5.41) is 4.27. The van der Waals surface area contributed by atoms with E-state index in [-0.39, 0.29) is 6.04 Å². The molecule has 0 radical (unpaired) electrons. The number of hydrogen-bond donors (Lipinski definition) is 1. The first kappa shape index (κ1) is 13.9. The number of benzene rings is 2. The predicted molar refractivity (Wildman–Crippen MR) is 79.7 cm³/mol. The number of hydrogen-bond acceptors (Lipinski definition) is 2. The molecular weight excluding hydrogens is 258 g/mol. The molecule has 2 aromatic rings. The molecule has 2 nitrogen and oxygen atoms in total. The molecule has 0 bridgehead atoms. The molecule has 0 saturated carbocycles. The third kappa shape index (κ3) is 3.72. The third-order valence-corrected chi connectivity index (χ3v) is 3.52. The number of methoxy groups -OCH3 is 1. The molecule has 0 aliphatic heterocycles. The Hall–Kier alpha value is -1.51. The Balaban J connectivity index is 2.01. The Kier molecular flexibility index (Phi) is 4.83. The molecule has 0 aromatic heterocycles. The van der Waals surface area contributed by atoms with E-state index in [0.717, 1.165) is 22.9 Å². The van der Waals surface area contributed by atoms with E-state index in [1.54, 1.807) is 7.11 Å². The first-order valence-corrected chi connectivity index (χ1v) is 6.69. The maximum Gasteiger partial charge on any atom is 0.119 e. The van der Waals surface area contributed by atoms with Crippen LogP contribution < -0.4 is 10.1 Å². The molecule has 1 N–H and O–H groups in total. The van der Waals surface area contributed by atoms with Crippen molar-refractivity contribution in [3.63, 3.8) is 0 Å². The Morgan fingerprint density at radius 2 is 1.95 bits per heavy atom. The highest BCUT2D eigenvalue weighted by molar-refractivity contribution is 6.31. The Morgan fingerprint density at radius 1 is 1.16 bits per heavy atom. The highest BCUT2D eigenvalue weighted by atomic mass is 35.5. The zero-order chi connectivity index (χ0) is 13.7. The molecular formula is C16H18ClNO. The summed E-state index contributed by atoms with van der Waals surface area (Å²) >= 11 is 6.14. The van der Waals surface area contributed by atoms with E-state index in [4.69, 9.17) is 16.3 Å². The normalized spacial score (nSPS) is 12.2. The fourth-order valence-corrected chi connectivity index (χ4v) is 2.14. The van der Waals surface area contributed by atoms with Gasteiger partial charge in [-0.15, -0.1) is 0 Å². The van der Waals surface area contributed by atoms with Crippen LogP contribution in [0.2, 0.25) is 5.02 Å². The van der Waals surface area contributed by atoms with E-state index < -0.39 is 0 Å². The highest BCUT2D eigenvalue weighted by Crippen LogP contribution is 2.20. The summed E-state index contributed by atoms with van der Waals surface area (Å²) in [4.78, 5) is 0. The molecule has 0 fully saturated rings. The molecule has 1 atom stereocenters. The van der Waals surface area contributed by atoms with E-state index in [0.29, 0.717) is 0 Å². The zero-order valence-corrected chi connectivity index (χ0v) is 11.9. The minimum atomic E-state index is 0.242. The van der Waals surface area contributed by atoms with Crippen LogP contribution in [-0.2, 0) is 6.54 Å². The van der Waals surface area contributed by atoms with Gasteiger partial charge in [-0.2, -0.15) is 0 Å². The van der Waals surface area contributed by atoms with Crippen LogP contribution in [0, 0.1) is 0 Å². The van der Waals surface area contributed by atoms with Gasteiger partial charge in [0.05, 0.1) is 7.11 Å².